The third-order valence-corrected chi connectivity index (χ3v) is 3.23. The molecule has 0 saturated carbocycles. The number of rotatable bonds is 5. The molecule has 0 aliphatic carbocycles. The summed E-state index contributed by atoms with van der Waals surface area (Å²) in [6, 6.07) is 9.91. The molecule has 0 atom stereocenters. The molecule has 0 bridgehead atoms. The molecule has 0 aromatic heterocycles. The van der Waals surface area contributed by atoms with Gasteiger partial charge >= 0.3 is 0 Å². The molecule has 1 amide bonds. The maximum Gasteiger partial charge on any atom is 0.209 e. The van der Waals surface area contributed by atoms with Crippen molar-refractivity contribution in [2.75, 3.05) is 7.05 Å². The van der Waals surface area contributed by atoms with Gasteiger partial charge in [-0.15, -0.1) is 4.91 Å². The Kier molecular flexibility index (Phi) is 4.42. The summed E-state index contributed by atoms with van der Waals surface area (Å²) in [5.74, 6) is -0.477. The fourth-order valence-corrected chi connectivity index (χ4v) is 2.28. The topological polar surface area (TPSA) is 49.7 Å². The molecule has 0 unspecified atom stereocenters. The molecule has 4 nitrogen and oxygen atoms in total. The van der Waals surface area contributed by atoms with Gasteiger partial charge in [-0.2, -0.15) is 0 Å². The van der Waals surface area contributed by atoms with Crippen molar-refractivity contribution in [3.05, 3.63) is 58.2 Å². The van der Waals surface area contributed by atoms with Crippen molar-refractivity contribution in [1.82, 2.24) is 4.90 Å². The second kappa shape index (κ2) is 6.26. The molecule has 0 N–H and O–H groups in total. The number of halogens is 1. The molecule has 2 aromatic carbocycles. The summed E-state index contributed by atoms with van der Waals surface area (Å²) in [4.78, 5) is 23.0. The Hall–Kier alpha value is -2.56. The molecule has 0 radical (unpaired) electrons. The summed E-state index contributed by atoms with van der Waals surface area (Å²) in [5.41, 5.74) is 3.13. The van der Waals surface area contributed by atoms with E-state index in [0.717, 1.165) is 23.6 Å². The normalized spacial score (nSPS) is 10.2. The highest BCUT2D eigenvalue weighted by molar-refractivity contribution is 5.79. The molecule has 0 aliphatic rings. The highest BCUT2D eigenvalue weighted by Crippen LogP contribution is 2.34. The van der Waals surface area contributed by atoms with E-state index in [1.807, 2.05) is 24.3 Å². The van der Waals surface area contributed by atoms with Crippen LogP contribution in [0.1, 0.15) is 11.1 Å². The molecular weight excluding hydrogens is 271 g/mol. The summed E-state index contributed by atoms with van der Waals surface area (Å²) >= 11 is 0. The van der Waals surface area contributed by atoms with E-state index in [2.05, 4.69) is 5.18 Å². The van der Waals surface area contributed by atoms with Crippen LogP contribution in [0.2, 0.25) is 0 Å². The lowest BCUT2D eigenvalue weighted by molar-refractivity contribution is -0.117. The Morgan fingerprint density at radius 1 is 1.24 bits per heavy atom. The largest absolute Gasteiger partial charge is 0.344 e. The predicted molar refractivity (Wildman–Crippen MR) is 79.6 cm³/mol. The molecule has 5 heteroatoms. The average Bonchev–Trinajstić information content (AvgIpc) is 2.47. The summed E-state index contributed by atoms with van der Waals surface area (Å²) in [6.45, 7) is 2.24. The maximum absolute atomic E-state index is 13.3. The van der Waals surface area contributed by atoms with Crippen molar-refractivity contribution >= 4 is 12.1 Å². The van der Waals surface area contributed by atoms with Crippen LogP contribution >= 0.6 is 0 Å². The molecule has 2 rings (SSSR count). The first-order chi connectivity index (χ1) is 10.0. The maximum atomic E-state index is 13.3. The highest BCUT2D eigenvalue weighted by Gasteiger charge is 2.11. The number of benzene rings is 2. The van der Waals surface area contributed by atoms with Crippen LogP contribution in [0.15, 0.2) is 41.6 Å². The average molecular weight is 286 g/mol. The quantitative estimate of drug-likeness (QED) is 0.620. The number of amides is 1. The molecule has 0 fully saturated rings. The Balaban J connectivity index is 2.39. The van der Waals surface area contributed by atoms with Crippen LogP contribution in [-0.2, 0) is 11.3 Å². The number of carbonyl (C=O) groups is 1. The van der Waals surface area contributed by atoms with E-state index in [4.69, 9.17) is 0 Å². The van der Waals surface area contributed by atoms with Crippen LogP contribution in [0.3, 0.4) is 0 Å². The van der Waals surface area contributed by atoms with E-state index < -0.39 is 5.82 Å². The van der Waals surface area contributed by atoms with Gasteiger partial charge in [0.2, 0.25) is 6.41 Å². The van der Waals surface area contributed by atoms with Crippen LogP contribution < -0.4 is 0 Å². The monoisotopic (exact) mass is 286 g/mol. The summed E-state index contributed by atoms with van der Waals surface area (Å²) in [7, 11) is 1.69. The summed E-state index contributed by atoms with van der Waals surface area (Å²) < 4.78 is 13.3. The van der Waals surface area contributed by atoms with Crippen LogP contribution in [-0.4, -0.2) is 18.4 Å². The van der Waals surface area contributed by atoms with Crippen molar-refractivity contribution in [2.45, 2.75) is 13.5 Å². The van der Waals surface area contributed by atoms with Crippen molar-refractivity contribution in [3.63, 3.8) is 0 Å². The number of carbonyl (C=O) groups excluding carboxylic acids is 1. The first-order valence-corrected chi connectivity index (χ1v) is 6.43. The Labute approximate surface area is 122 Å². The molecule has 0 aliphatic heterocycles. The number of nitrogens with zero attached hydrogens (tertiary/aromatic N) is 2. The van der Waals surface area contributed by atoms with E-state index in [0.29, 0.717) is 17.7 Å². The SMILES string of the molecule is Cc1cc(F)cc(N=O)c1-c1ccc(CN(C)C=O)cc1. The van der Waals surface area contributed by atoms with E-state index in [1.54, 1.807) is 14.0 Å². The molecular formula is C16H15FN2O2. The summed E-state index contributed by atoms with van der Waals surface area (Å²) in [5, 5.41) is 2.91. The summed E-state index contributed by atoms with van der Waals surface area (Å²) in [6.07, 6.45) is 0.756. The molecule has 21 heavy (non-hydrogen) atoms. The first kappa shape index (κ1) is 14.8. The fourth-order valence-electron chi connectivity index (χ4n) is 2.28. The van der Waals surface area contributed by atoms with Gasteiger partial charge in [0, 0.05) is 25.2 Å². The first-order valence-electron chi connectivity index (χ1n) is 6.43. The van der Waals surface area contributed by atoms with Crippen molar-refractivity contribution < 1.29 is 9.18 Å². The zero-order chi connectivity index (χ0) is 15.4. The highest BCUT2D eigenvalue weighted by atomic mass is 19.1. The zero-order valence-electron chi connectivity index (χ0n) is 11.8. The van der Waals surface area contributed by atoms with Crippen LogP contribution in [0.25, 0.3) is 11.1 Å². The fraction of sp³-hybridized carbons (Fsp3) is 0.188. The van der Waals surface area contributed by atoms with Gasteiger partial charge in [0.25, 0.3) is 0 Å². The Morgan fingerprint density at radius 2 is 1.90 bits per heavy atom. The number of aryl methyl sites for hydroxylation is 1. The van der Waals surface area contributed by atoms with Gasteiger partial charge in [-0.25, -0.2) is 4.39 Å². The lowest BCUT2D eigenvalue weighted by atomic mass is 9.97. The Morgan fingerprint density at radius 3 is 2.48 bits per heavy atom. The zero-order valence-corrected chi connectivity index (χ0v) is 11.8. The van der Waals surface area contributed by atoms with Gasteiger partial charge in [0.05, 0.1) is 0 Å². The van der Waals surface area contributed by atoms with Crippen molar-refractivity contribution in [1.29, 1.82) is 0 Å². The minimum absolute atomic E-state index is 0.0882. The van der Waals surface area contributed by atoms with Gasteiger partial charge in [0.1, 0.15) is 11.5 Å². The third kappa shape index (κ3) is 3.31. The standard InChI is InChI=1S/C16H15FN2O2/c1-11-7-14(17)8-15(18-21)16(11)13-5-3-12(4-6-13)9-19(2)10-20/h3-8,10H,9H2,1-2H3. The third-order valence-electron chi connectivity index (χ3n) is 3.23. The molecule has 0 heterocycles. The predicted octanol–water partition coefficient (Wildman–Crippen LogP) is 3.79. The van der Waals surface area contributed by atoms with E-state index >= 15 is 0 Å². The van der Waals surface area contributed by atoms with Gasteiger partial charge in [-0.1, -0.05) is 24.3 Å². The molecule has 108 valence electrons. The van der Waals surface area contributed by atoms with Crippen LogP contribution in [0, 0.1) is 17.6 Å². The van der Waals surface area contributed by atoms with E-state index in [1.165, 1.54) is 11.0 Å². The van der Waals surface area contributed by atoms with Gasteiger partial charge in [-0.3, -0.25) is 4.79 Å². The number of hydrogen-bond acceptors (Lipinski definition) is 3. The second-order valence-corrected chi connectivity index (χ2v) is 4.93. The van der Waals surface area contributed by atoms with Crippen molar-refractivity contribution in [3.8, 4) is 11.1 Å². The number of nitroso groups, excluding NO2 is 1. The number of hydrogen-bond donors (Lipinski definition) is 0. The second-order valence-electron chi connectivity index (χ2n) is 4.93. The van der Waals surface area contributed by atoms with E-state index in [-0.39, 0.29) is 5.69 Å². The lowest BCUT2D eigenvalue weighted by Gasteiger charge is -2.12. The molecule has 2 aromatic rings. The smallest absolute Gasteiger partial charge is 0.209 e. The minimum atomic E-state index is -0.477. The van der Waals surface area contributed by atoms with Crippen molar-refractivity contribution in [2.24, 2.45) is 5.18 Å². The van der Waals surface area contributed by atoms with Gasteiger partial charge in [-0.05, 0) is 34.9 Å². The minimum Gasteiger partial charge on any atom is -0.344 e. The van der Waals surface area contributed by atoms with Crippen LogP contribution in [0.4, 0.5) is 10.1 Å². The van der Waals surface area contributed by atoms with Crippen LogP contribution in [0.5, 0.6) is 0 Å². The van der Waals surface area contributed by atoms with E-state index in [9.17, 15) is 14.1 Å². The molecule has 0 spiro atoms. The van der Waals surface area contributed by atoms with Gasteiger partial charge < -0.3 is 4.90 Å². The molecule has 0 saturated heterocycles. The lowest BCUT2D eigenvalue weighted by Crippen LogP contribution is -2.14. The van der Waals surface area contributed by atoms with Gasteiger partial charge in [0.15, 0.2) is 0 Å². The Bertz CT molecular complexity index is 669.